The first-order chi connectivity index (χ1) is 12.5. The third-order valence-corrected chi connectivity index (χ3v) is 3.71. The Morgan fingerprint density at radius 3 is 2.54 bits per heavy atom. The molecule has 2 N–H and O–H groups in total. The zero-order valence-corrected chi connectivity index (χ0v) is 13.9. The number of carbonyl (C=O) groups excluding carboxylic acids is 1. The fourth-order valence-corrected chi connectivity index (χ4v) is 2.34. The first-order valence-electron chi connectivity index (χ1n) is 7.94. The van der Waals surface area contributed by atoms with Crippen LogP contribution in [0.15, 0.2) is 60.8 Å². The molecule has 1 atom stereocenters. The molecule has 0 radical (unpaired) electrons. The van der Waals surface area contributed by atoms with Crippen LogP contribution in [0.5, 0.6) is 0 Å². The fourth-order valence-electron chi connectivity index (χ4n) is 2.34. The second-order valence-electron chi connectivity index (χ2n) is 5.63. The summed E-state index contributed by atoms with van der Waals surface area (Å²) in [4.78, 5) is 20.6. The summed E-state index contributed by atoms with van der Waals surface area (Å²) >= 11 is 0. The molecule has 3 rings (SSSR count). The molecule has 2 aromatic carbocycles. The molecule has 0 spiro atoms. The van der Waals surface area contributed by atoms with E-state index in [-0.39, 0.29) is 17.4 Å². The molecule has 0 aliphatic rings. The second-order valence-corrected chi connectivity index (χ2v) is 5.63. The van der Waals surface area contributed by atoms with Gasteiger partial charge < -0.3 is 10.6 Å². The van der Waals surface area contributed by atoms with Crippen molar-refractivity contribution in [3.63, 3.8) is 0 Å². The summed E-state index contributed by atoms with van der Waals surface area (Å²) in [5.41, 5.74) is 1.29. The Kier molecular flexibility index (Phi) is 5.17. The van der Waals surface area contributed by atoms with Gasteiger partial charge in [0.15, 0.2) is 11.6 Å². The molecule has 1 amide bonds. The van der Waals surface area contributed by atoms with Gasteiger partial charge in [-0.1, -0.05) is 30.3 Å². The van der Waals surface area contributed by atoms with Crippen molar-refractivity contribution in [2.45, 2.75) is 13.0 Å². The number of hydrogen-bond donors (Lipinski definition) is 2. The molecule has 0 aliphatic carbocycles. The summed E-state index contributed by atoms with van der Waals surface area (Å²) in [6.45, 7) is 1.95. The lowest BCUT2D eigenvalue weighted by Crippen LogP contribution is -2.16. The van der Waals surface area contributed by atoms with Crippen molar-refractivity contribution in [1.82, 2.24) is 9.97 Å². The minimum atomic E-state index is -1.04. The lowest BCUT2D eigenvalue weighted by Gasteiger charge is -2.14. The Hall–Kier alpha value is -3.35. The van der Waals surface area contributed by atoms with Crippen LogP contribution in [0.2, 0.25) is 0 Å². The molecule has 0 fully saturated rings. The van der Waals surface area contributed by atoms with Gasteiger partial charge in [-0.2, -0.15) is 0 Å². The van der Waals surface area contributed by atoms with Gasteiger partial charge in [-0.3, -0.25) is 4.79 Å². The van der Waals surface area contributed by atoms with Gasteiger partial charge in [-0.05, 0) is 30.7 Å². The van der Waals surface area contributed by atoms with Crippen LogP contribution in [-0.4, -0.2) is 15.9 Å². The normalized spacial score (nSPS) is 11.7. The molecule has 1 aromatic heterocycles. The number of benzene rings is 2. The molecule has 7 heteroatoms. The van der Waals surface area contributed by atoms with Gasteiger partial charge in [-0.25, -0.2) is 18.7 Å². The Morgan fingerprint density at radius 1 is 1.04 bits per heavy atom. The summed E-state index contributed by atoms with van der Waals surface area (Å²) in [6, 6.07) is 14.2. The lowest BCUT2D eigenvalue weighted by molar-refractivity contribution is 0.102. The van der Waals surface area contributed by atoms with Crippen molar-refractivity contribution in [2.75, 3.05) is 10.6 Å². The minimum absolute atomic E-state index is 0.0549. The van der Waals surface area contributed by atoms with E-state index in [0.29, 0.717) is 5.95 Å². The van der Waals surface area contributed by atoms with Crippen molar-refractivity contribution in [3.8, 4) is 0 Å². The van der Waals surface area contributed by atoms with E-state index in [1.807, 2.05) is 37.3 Å². The third kappa shape index (κ3) is 4.18. The first-order valence-corrected chi connectivity index (χ1v) is 7.94. The smallest absolute Gasteiger partial charge is 0.274 e. The van der Waals surface area contributed by atoms with E-state index >= 15 is 0 Å². The van der Waals surface area contributed by atoms with Gasteiger partial charge >= 0.3 is 0 Å². The maximum absolute atomic E-state index is 13.2. The first kappa shape index (κ1) is 17.5. The van der Waals surface area contributed by atoms with Gasteiger partial charge in [0, 0.05) is 18.0 Å². The molecule has 3 aromatic rings. The van der Waals surface area contributed by atoms with Crippen LogP contribution in [0.3, 0.4) is 0 Å². The molecule has 132 valence electrons. The van der Waals surface area contributed by atoms with E-state index in [9.17, 15) is 13.6 Å². The Balaban J connectivity index is 1.72. The maximum Gasteiger partial charge on any atom is 0.274 e. The van der Waals surface area contributed by atoms with Crippen LogP contribution in [0.1, 0.15) is 29.0 Å². The van der Waals surface area contributed by atoms with E-state index in [0.717, 1.165) is 17.7 Å². The molecule has 5 nitrogen and oxygen atoms in total. The summed E-state index contributed by atoms with van der Waals surface area (Å²) in [7, 11) is 0. The van der Waals surface area contributed by atoms with Gasteiger partial charge in [-0.15, -0.1) is 0 Å². The van der Waals surface area contributed by atoms with Crippen molar-refractivity contribution in [2.24, 2.45) is 0 Å². The molecule has 0 saturated carbocycles. The number of hydrogen-bond acceptors (Lipinski definition) is 4. The Bertz CT molecular complexity index is 918. The van der Waals surface area contributed by atoms with Gasteiger partial charge in [0.1, 0.15) is 5.69 Å². The Morgan fingerprint density at radius 2 is 1.81 bits per heavy atom. The van der Waals surface area contributed by atoms with Gasteiger partial charge in [0.05, 0.1) is 6.04 Å². The highest BCUT2D eigenvalue weighted by molar-refractivity contribution is 6.02. The van der Waals surface area contributed by atoms with E-state index in [1.165, 1.54) is 18.3 Å². The van der Waals surface area contributed by atoms with Gasteiger partial charge in [0.25, 0.3) is 5.91 Å². The molecule has 1 unspecified atom stereocenters. The van der Waals surface area contributed by atoms with E-state index in [1.54, 1.807) is 0 Å². The highest BCUT2D eigenvalue weighted by Crippen LogP contribution is 2.17. The summed E-state index contributed by atoms with van der Waals surface area (Å²) < 4.78 is 26.2. The summed E-state index contributed by atoms with van der Waals surface area (Å²) in [6.07, 6.45) is 1.45. The number of anilines is 2. The van der Waals surface area contributed by atoms with Crippen molar-refractivity contribution < 1.29 is 13.6 Å². The van der Waals surface area contributed by atoms with E-state index in [4.69, 9.17) is 0 Å². The fraction of sp³-hybridized carbons (Fsp3) is 0.105. The standard InChI is InChI=1S/C19H16F2N4O/c1-12(13-5-3-2-4-6-13)23-19-22-10-9-17(25-19)18(26)24-14-7-8-15(20)16(21)11-14/h2-12H,1H3,(H,24,26)(H,22,23,25). The molecular weight excluding hydrogens is 338 g/mol. The van der Waals surface area contributed by atoms with Crippen LogP contribution in [0.4, 0.5) is 20.4 Å². The topological polar surface area (TPSA) is 66.9 Å². The molecule has 0 bridgehead atoms. The van der Waals surface area contributed by atoms with E-state index < -0.39 is 17.5 Å². The Labute approximate surface area is 149 Å². The quantitative estimate of drug-likeness (QED) is 0.721. The van der Waals surface area contributed by atoms with Crippen LogP contribution < -0.4 is 10.6 Å². The largest absolute Gasteiger partial charge is 0.348 e. The van der Waals surface area contributed by atoms with Crippen molar-refractivity contribution >= 4 is 17.5 Å². The zero-order valence-electron chi connectivity index (χ0n) is 13.9. The molecule has 1 heterocycles. The average molecular weight is 354 g/mol. The average Bonchev–Trinajstić information content (AvgIpc) is 2.65. The summed E-state index contributed by atoms with van der Waals surface area (Å²) in [5.74, 6) is -2.27. The molecular formula is C19H16F2N4O. The number of aromatic nitrogens is 2. The second kappa shape index (κ2) is 7.69. The van der Waals surface area contributed by atoms with Crippen LogP contribution >= 0.6 is 0 Å². The van der Waals surface area contributed by atoms with Crippen molar-refractivity contribution in [3.05, 3.63) is 83.7 Å². The monoisotopic (exact) mass is 354 g/mol. The predicted octanol–water partition coefficient (Wildman–Crippen LogP) is 4.18. The number of nitrogens with one attached hydrogen (secondary N) is 2. The number of nitrogens with zero attached hydrogens (tertiary/aromatic N) is 2. The van der Waals surface area contributed by atoms with Crippen molar-refractivity contribution in [1.29, 1.82) is 0 Å². The number of amides is 1. The van der Waals surface area contributed by atoms with E-state index in [2.05, 4.69) is 20.6 Å². The number of rotatable bonds is 5. The lowest BCUT2D eigenvalue weighted by atomic mass is 10.1. The zero-order chi connectivity index (χ0) is 18.5. The number of carbonyl (C=O) groups is 1. The highest BCUT2D eigenvalue weighted by Gasteiger charge is 2.12. The number of halogens is 2. The molecule has 0 aliphatic heterocycles. The minimum Gasteiger partial charge on any atom is -0.348 e. The molecule has 26 heavy (non-hydrogen) atoms. The SMILES string of the molecule is CC(Nc1nccc(C(=O)Nc2ccc(F)c(F)c2)n1)c1ccccc1. The van der Waals surface area contributed by atoms with Gasteiger partial charge in [0.2, 0.25) is 5.95 Å². The van der Waals surface area contributed by atoms with Crippen LogP contribution in [0.25, 0.3) is 0 Å². The molecule has 0 saturated heterocycles. The highest BCUT2D eigenvalue weighted by atomic mass is 19.2. The maximum atomic E-state index is 13.2. The van der Waals surface area contributed by atoms with Crippen LogP contribution in [-0.2, 0) is 0 Å². The predicted molar refractivity (Wildman–Crippen MR) is 94.8 cm³/mol. The third-order valence-electron chi connectivity index (χ3n) is 3.71. The van der Waals surface area contributed by atoms with Crippen LogP contribution in [0, 0.1) is 11.6 Å². The summed E-state index contributed by atoms with van der Waals surface area (Å²) in [5, 5.41) is 5.60.